The lowest BCUT2D eigenvalue weighted by atomic mass is 10.2. The van der Waals surface area contributed by atoms with E-state index in [9.17, 15) is 0 Å². The monoisotopic (exact) mass is 214 g/mol. The van der Waals surface area contributed by atoms with Gasteiger partial charge in [0, 0.05) is 18.0 Å². The molecule has 82 valence electrons. The number of rotatable bonds is 2. The number of aromatic nitrogens is 2. The molecule has 2 heterocycles. The molecule has 1 aliphatic heterocycles. The smallest absolute Gasteiger partial charge is 0.137 e. The number of hydrogen-bond acceptors (Lipinski definition) is 4. The van der Waals surface area contributed by atoms with Crippen LogP contribution in [0.5, 0.6) is 0 Å². The first kappa shape index (κ1) is 9.54. The lowest BCUT2D eigenvalue weighted by molar-refractivity contribution is 0.789. The minimum atomic E-state index is 0.485. The topological polar surface area (TPSA) is 49.8 Å². The van der Waals surface area contributed by atoms with Gasteiger partial charge in [0.05, 0.1) is 5.52 Å². The van der Waals surface area contributed by atoms with Crippen molar-refractivity contribution in [3.63, 3.8) is 0 Å². The van der Waals surface area contributed by atoms with Crippen LogP contribution >= 0.6 is 0 Å². The minimum absolute atomic E-state index is 0.485. The van der Waals surface area contributed by atoms with Crippen LogP contribution < -0.4 is 10.6 Å². The average Bonchev–Trinajstić information content (AvgIpc) is 2.82. The lowest BCUT2D eigenvalue weighted by Gasteiger charge is -2.13. The molecule has 4 heteroatoms. The predicted molar refractivity (Wildman–Crippen MR) is 64.4 cm³/mol. The van der Waals surface area contributed by atoms with Gasteiger partial charge in [0.25, 0.3) is 0 Å². The van der Waals surface area contributed by atoms with Crippen molar-refractivity contribution < 1.29 is 0 Å². The van der Waals surface area contributed by atoms with E-state index in [-0.39, 0.29) is 0 Å². The summed E-state index contributed by atoms with van der Waals surface area (Å²) in [7, 11) is 0. The number of hydrogen-bond donors (Lipinski definition) is 2. The lowest BCUT2D eigenvalue weighted by Crippen LogP contribution is -2.22. The van der Waals surface area contributed by atoms with E-state index in [1.54, 1.807) is 6.33 Å². The van der Waals surface area contributed by atoms with Crippen LogP contribution in [0.15, 0.2) is 30.6 Å². The molecule has 0 radical (unpaired) electrons. The SMILES string of the molecule is c1ccc2c(N[C@H]3CCNC3)ncnc2c1. The Morgan fingerprint density at radius 1 is 1.25 bits per heavy atom. The van der Waals surface area contributed by atoms with Crippen LogP contribution in [0.1, 0.15) is 6.42 Å². The highest BCUT2D eigenvalue weighted by Crippen LogP contribution is 2.19. The summed E-state index contributed by atoms with van der Waals surface area (Å²) < 4.78 is 0. The third-order valence-electron chi connectivity index (χ3n) is 2.94. The number of fused-ring (bicyclic) bond motifs is 1. The molecule has 1 aromatic carbocycles. The molecule has 0 spiro atoms. The van der Waals surface area contributed by atoms with Gasteiger partial charge in [0.15, 0.2) is 0 Å². The Kier molecular flexibility index (Phi) is 2.42. The van der Waals surface area contributed by atoms with Gasteiger partial charge >= 0.3 is 0 Å². The van der Waals surface area contributed by atoms with Crippen molar-refractivity contribution in [3.05, 3.63) is 30.6 Å². The van der Waals surface area contributed by atoms with Crippen LogP contribution in [-0.4, -0.2) is 29.1 Å². The molecule has 0 aliphatic carbocycles. The number of para-hydroxylation sites is 1. The Balaban J connectivity index is 1.96. The maximum atomic E-state index is 4.32. The van der Waals surface area contributed by atoms with Crippen LogP contribution in [0.25, 0.3) is 10.9 Å². The molecule has 3 rings (SSSR count). The van der Waals surface area contributed by atoms with Gasteiger partial charge in [-0.1, -0.05) is 12.1 Å². The first-order valence-corrected chi connectivity index (χ1v) is 5.60. The van der Waals surface area contributed by atoms with E-state index in [1.165, 1.54) is 0 Å². The van der Waals surface area contributed by atoms with E-state index in [4.69, 9.17) is 0 Å². The van der Waals surface area contributed by atoms with Crippen LogP contribution in [0.3, 0.4) is 0 Å². The summed E-state index contributed by atoms with van der Waals surface area (Å²) in [6.45, 7) is 2.10. The van der Waals surface area contributed by atoms with Gasteiger partial charge in [-0.3, -0.25) is 0 Å². The molecule has 16 heavy (non-hydrogen) atoms. The molecule has 4 nitrogen and oxygen atoms in total. The van der Waals surface area contributed by atoms with Crippen molar-refractivity contribution in [2.24, 2.45) is 0 Å². The first-order valence-electron chi connectivity index (χ1n) is 5.60. The van der Waals surface area contributed by atoms with Gasteiger partial charge in [-0.2, -0.15) is 0 Å². The fraction of sp³-hybridized carbons (Fsp3) is 0.333. The van der Waals surface area contributed by atoms with Crippen molar-refractivity contribution in [1.82, 2.24) is 15.3 Å². The van der Waals surface area contributed by atoms with Gasteiger partial charge in [-0.05, 0) is 25.1 Å². The van der Waals surface area contributed by atoms with Crippen molar-refractivity contribution in [1.29, 1.82) is 0 Å². The Bertz CT molecular complexity index is 486. The second-order valence-corrected chi connectivity index (χ2v) is 4.07. The van der Waals surface area contributed by atoms with Crippen molar-refractivity contribution in [2.45, 2.75) is 12.5 Å². The summed E-state index contributed by atoms with van der Waals surface area (Å²) in [6.07, 6.45) is 2.77. The molecule has 0 amide bonds. The molecule has 2 aromatic rings. The zero-order chi connectivity index (χ0) is 10.8. The maximum Gasteiger partial charge on any atom is 0.137 e. The van der Waals surface area contributed by atoms with Crippen LogP contribution in [-0.2, 0) is 0 Å². The number of anilines is 1. The van der Waals surface area contributed by atoms with E-state index in [2.05, 4.69) is 26.7 Å². The summed E-state index contributed by atoms with van der Waals surface area (Å²) in [5.41, 5.74) is 0.992. The molecule has 2 N–H and O–H groups in total. The minimum Gasteiger partial charge on any atom is -0.365 e. The quantitative estimate of drug-likeness (QED) is 0.793. The van der Waals surface area contributed by atoms with Crippen molar-refractivity contribution in [2.75, 3.05) is 18.4 Å². The van der Waals surface area contributed by atoms with Gasteiger partial charge in [0.1, 0.15) is 12.1 Å². The molecule has 1 saturated heterocycles. The fourth-order valence-electron chi connectivity index (χ4n) is 2.09. The van der Waals surface area contributed by atoms with Gasteiger partial charge in [-0.25, -0.2) is 9.97 Å². The van der Waals surface area contributed by atoms with Crippen molar-refractivity contribution in [3.8, 4) is 0 Å². The molecule has 1 fully saturated rings. The van der Waals surface area contributed by atoms with E-state index in [0.717, 1.165) is 36.2 Å². The van der Waals surface area contributed by atoms with Gasteiger partial charge in [0.2, 0.25) is 0 Å². The maximum absolute atomic E-state index is 4.32. The zero-order valence-corrected chi connectivity index (χ0v) is 8.98. The standard InChI is InChI=1S/C12H14N4/c1-2-4-11-10(3-1)12(15-8-14-11)16-9-5-6-13-7-9/h1-4,8-9,13H,5-7H2,(H,14,15,16)/t9-/m0/s1. The van der Waals surface area contributed by atoms with Gasteiger partial charge in [-0.15, -0.1) is 0 Å². The molecular weight excluding hydrogens is 200 g/mol. The Morgan fingerprint density at radius 2 is 2.19 bits per heavy atom. The molecule has 0 saturated carbocycles. The number of benzene rings is 1. The normalized spacial score (nSPS) is 20.1. The molecule has 1 aliphatic rings. The van der Waals surface area contributed by atoms with Crippen LogP contribution in [0.2, 0.25) is 0 Å². The van der Waals surface area contributed by atoms with Crippen LogP contribution in [0.4, 0.5) is 5.82 Å². The second-order valence-electron chi connectivity index (χ2n) is 4.07. The summed E-state index contributed by atoms with van der Waals surface area (Å²) in [6, 6.07) is 8.56. The number of nitrogens with one attached hydrogen (secondary N) is 2. The summed E-state index contributed by atoms with van der Waals surface area (Å²) in [5, 5.41) is 7.90. The van der Waals surface area contributed by atoms with E-state index in [1.807, 2.05) is 18.2 Å². The van der Waals surface area contributed by atoms with E-state index in [0.29, 0.717) is 6.04 Å². The first-order chi connectivity index (χ1) is 7.93. The highest BCUT2D eigenvalue weighted by molar-refractivity contribution is 5.88. The third kappa shape index (κ3) is 1.72. The fourth-order valence-corrected chi connectivity index (χ4v) is 2.09. The highest BCUT2D eigenvalue weighted by atomic mass is 15.1. The Morgan fingerprint density at radius 3 is 3.06 bits per heavy atom. The average molecular weight is 214 g/mol. The van der Waals surface area contributed by atoms with Crippen molar-refractivity contribution >= 4 is 16.7 Å². The van der Waals surface area contributed by atoms with Gasteiger partial charge < -0.3 is 10.6 Å². The third-order valence-corrected chi connectivity index (χ3v) is 2.94. The predicted octanol–water partition coefficient (Wildman–Crippen LogP) is 1.40. The Labute approximate surface area is 94.1 Å². The summed E-state index contributed by atoms with van der Waals surface area (Å²) in [4.78, 5) is 8.57. The molecular formula is C12H14N4. The van der Waals surface area contributed by atoms with Crippen LogP contribution in [0, 0.1) is 0 Å². The molecule has 1 aromatic heterocycles. The number of nitrogens with zero attached hydrogens (tertiary/aromatic N) is 2. The summed E-state index contributed by atoms with van der Waals surface area (Å²) in [5.74, 6) is 0.944. The second kappa shape index (κ2) is 4.06. The molecule has 0 bridgehead atoms. The Hall–Kier alpha value is -1.68. The highest BCUT2D eigenvalue weighted by Gasteiger charge is 2.15. The molecule has 1 atom stereocenters. The van der Waals surface area contributed by atoms with E-state index < -0.39 is 0 Å². The van der Waals surface area contributed by atoms with E-state index >= 15 is 0 Å². The summed E-state index contributed by atoms with van der Waals surface area (Å²) >= 11 is 0. The zero-order valence-electron chi connectivity index (χ0n) is 8.98. The largest absolute Gasteiger partial charge is 0.365 e. The molecule has 0 unspecified atom stereocenters.